The molecular formula is C21H19N7O4S. The van der Waals surface area contributed by atoms with Crippen molar-refractivity contribution in [1.82, 2.24) is 19.7 Å². The van der Waals surface area contributed by atoms with Crippen LogP contribution in [0.2, 0.25) is 0 Å². The fourth-order valence-electron chi connectivity index (χ4n) is 2.98. The van der Waals surface area contributed by atoms with Crippen LogP contribution in [-0.2, 0) is 10.0 Å². The molecule has 2 heterocycles. The molecule has 0 unspecified atom stereocenters. The van der Waals surface area contributed by atoms with Crippen molar-refractivity contribution >= 4 is 33.1 Å². The summed E-state index contributed by atoms with van der Waals surface area (Å²) >= 11 is 0. The van der Waals surface area contributed by atoms with Crippen molar-refractivity contribution in [2.24, 2.45) is 5.73 Å². The third-order valence-electron chi connectivity index (χ3n) is 4.55. The molecule has 11 nitrogen and oxygen atoms in total. The minimum Gasteiger partial charge on any atom is -0.496 e. The van der Waals surface area contributed by atoms with Gasteiger partial charge in [-0.15, -0.1) is 0 Å². The van der Waals surface area contributed by atoms with Crippen LogP contribution < -0.4 is 20.5 Å². The fraction of sp³-hybridized carbons (Fsp3) is 0.0476. The Labute approximate surface area is 189 Å². The zero-order valence-corrected chi connectivity index (χ0v) is 18.2. The van der Waals surface area contributed by atoms with Gasteiger partial charge in [-0.3, -0.25) is 9.52 Å². The van der Waals surface area contributed by atoms with E-state index in [-0.39, 0.29) is 16.2 Å². The Morgan fingerprint density at radius 2 is 1.82 bits per heavy atom. The second-order valence-corrected chi connectivity index (χ2v) is 8.43. The maximum absolute atomic E-state index is 12.8. The standard InChI is InChI=1S/C21H19N7O4S/c1-32-18-8-7-16(11-17(18)21(22)29)33(30,31)27-15-5-3-14(4-6-15)26-19-12-20(24-13-23-19)28-10-2-9-25-28/h2-13,27H,1H3,(H2,22,29)(H,23,24,26). The number of carbonyl (C=O) groups excluding carboxylic acids is 1. The summed E-state index contributed by atoms with van der Waals surface area (Å²) in [6.07, 6.45) is 4.83. The lowest BCUT2D eigenvalue weighted by molar-refractivity contribution is 0.0997. The smallest absolute Gasteiger partial charge is 0.261 e. The number of hydrogen-bond donors (Lipinski definition) is 3. The normalized spacial score (nSPS) is 11.1. The second-order valence-electron chi connectivity index (χ2n) is 6.75. The molecule has 1 amide bonds. The van der Waals surface area contributed by atoms with E-state index in [1.165, 1.54) is 31.6 Å². The summed E-state index contributed by atoms with van der Waals surface area (Å²) in [4.78, 5) is 19.8. The van der Waals surface area contributed by atoms with Crippen LogP contribution in [0.25, 0.3) is 5.82 Å². The Balaban J connectivity index is 1.49. The van der Waals surface area contributed by atoms with Gasteiger partial charge in [-0.1, -0.05) is 0 Å². The van der Waals surface area contributed by atoms with Crippen molar-refractivity contribution in [3.8, 4) is 11.6 Å². The SMILES string of the molecule is COc1ccc(S(=O)(=O)Nc2ccc(Nc3cc(-n4cccn4)ncn3)cc2)cc1C(N)=O. The molecule has 4 aromatic rings. The van der Waals surface area contributed by atoms with Gasteiger partial charge in [0, 0.05) is 29.8 Å². The average Bonchev–Trinajstić information content (AvgIpc) is 3.35. The highest BCUT2D eigenvalue weighted by Gasteiger charge is 2.19. The number of benzene rings is 2. The zero-order valence-electron chi connectivity index (χ0n) is 17.3. The van der Waals surface area contributed by atoms with Crippen LogP contribution in [0, 0.1) is 0 Å². The van der Waals surface area contributed by atoms with Crippen LogP contribution in [0.1, 0.15) is 10.4 Å². The third-order valence-corrected chi connectivity index (χ3v) is 5.93. The highest BCUT2D eigenvalue weighted by atomic mass is 32.2. The number of nitrogens with two attached hydrogens (primary N) is 1. The molecule has 12 heteroatoms. The molecule has 0 fully saturated rings. The van der Waals surface area contributed by atoms with Crippen LogP contribution >= 0.6 is 0 Å². The second kappa shape index (κ2) is 8.96. The van der Waals surface area contributed by atoms with Crippen LogP contribution in [0.4, 0.5) is 17.2 Å². The number of ether oxygens (including phenoxy) is 1. The van der Waals surface area contributed by atoms with Gasteiger partial charge in [-0.2, -0.15) is 5.10 Å². The van der Waals surface area contributed by atoms with Crippen LogP contribution in [0.5, 0.6) is 5.75 Å². The van der Waals surface area contributed by atoms with Crippen molar-refractivity contribution in [3.05, 3.63) is 78.9 Å². The molecule has 2 aromatic carbocycles. The molecular weight excluding hydrogens is 446 g/mol. The lowest BCUT2D eigenvalue weighted by Gasteiger charge is -2.12. The number of nitrogens with zero attached hydrogens (tertiary/aromatic N) is 4. The number of nitrogens with one attached hydrogen (secondary N) is 2. The summed E-state index contributed by atoms with van der Waals surface area (Å²) in [5, 5.41) is 7.26. The van der Waals surface area contributed by atoms with Gasteiger partial charge in [0.05, 0.1) is 17.6 Å². The Morgan fingerprint density at radius 3 is 2.48 bits per heavy atom. The number of amides is 1. The van der Waals surface area contributed by atoms with E-state index in [1.54, 1.807) is 53.5 Å². The van der Waals surface area contributed by atoms with E-state index in [1.807, 2.05) is 0 Å². The van der Waals surface area contributed by atoms with Crippen molar-refractivity contribution in [2.45, 2.75) is 4.90 Å². The van der Waals surface area contributed by atoms with E-state index in [2.05, 4.69) is 25.1 Å². The molecule has 0 aliphatic rings. The van der Waals surface area contributed by atoms with E-state index >= 15 is 0 Å². The van der Waals surface area contributed by atoms with Crippen molar-refractivity contribution in [1.29, 1.82) is 0 Å². The average molecular weight is 465 g/mol. The molecule has 0 saturated carbocycles. The topological polar surface area (TPSA) is 154 Å². The molecule has 2 aromatic heterocycles. The van der Waals surface area contributed by atoms with Gasteiger partial charge >= 0.3 is 0 Å². The number of anilines is 3. The molecule has 0 saturated heterocycles. The fourth-order valence-corrected chi connectivity index (χ4v) is 4.06. The van der Waals surface area contributed by atoms with E-state index in [4.69, 9.17) is 10.5 Å². The zero-order chi connectivity index (χ0) is 23.4. The largest absolute Gasteiger partial charge is 0.496 e. The van der Waals surface area contributed by atoms with Gasteiger partial charge in [0.25, 0.3) is 15.9 Å². The monoisotopic (exact) mass is 465 g/mol. The van der Waals surface area contributed by atoms with Crippen molar-refractivity contribution in [3.63, 3.8) is 0 Å². The molecule has 0 aliphatic heterocycles. The number of sulfonamides is 1. The summed E-state index contributed by atoms with van der Waals surface area (Å²) in [6, 6.07) is 14.0. The predicted molar refractivity (Wildman–Crippen MR) is 121 cm³/mol. The number of aromatic nitrogens is 4. The summed E-state index contributed by atoms with van der Waals surface area (Å²) in [6.45, 7) is 0. The van der Waals surface area contributed by atoms with Crippen molar-refractivity contribution in [2.75, 3.05) is 17.1 Å². The quantitative estimate of drug-likeness (QED) is 0.358. The van der Waals surface area contributed by atoms with Crippen molar-refractivity contribution < 1.29 is 17.9 Å². The summed E-state index contributed by atoms with van der Waals surface area (Å²) in [5.74, 6) is 0.537. The minimum atomic E-state index is -3.96. The number of carbonyl (C=O) groups is 1. The summed E-state index contributed by atoms with van der Waals surface area (Å²) in [7, 11) is -2.60. The third kappa shape index (κ3) is 4.91. The summed E-state index contributed by atoms with van der Waals surface area (Å²) < 4.78 is 34.6. The number of hydrogen-bond acceptors (Lipinski definition) is 8. The first-order valence-corrected chi connectivity index (χ1v) is 11.0. The van der Waals surface area contributed by atoms with Gasteiger partial charge in [-0.05, 0) is 48.5 Å². The lowest BCUT2D eigenvalue weighted by Crippen LogP contribution is -2.16. The van der Waals surface area contributed by atoms with E-state index in [0.29, 0.717) is 23.0 Å². The van der Waals surface area contributed by atoms with E-state index in [0.717, 1.165) is 0 Å². The molecule has 0 spiro atoms. The Kier molecular flexibility index (Phi) is 5.91. The molecule has 168 valence electrons. The molecule has 33 heavy (non-hydrogen) atoms. The van der Waals surface area contributed by atoms with Crippen LogP contribution in [0.3, 0.4) is 0 Å². The lowest BCUT2D eigenvalue weighted by atomic mass is 10.2. The molecule has 4 N–H and O–H groups in total. The van der Waals surface area contributed by atoms with E-state index in [9.17, 15) is 13.2 Å². The highest BCUT2D eigenvalue weighted by molar-refractivity contribution is 7.92. The molecule has 0 bridgehead atoms. The predicted octanol–water partition coefficient (Wildman–Crippen LogP) is 2.31. The van der Waals surface area contributed by atoms with Gasteiger partial charge in [0.1, 0.15) is 17.9 Å². The van der Waals surface area contributed by atoms with Gasteiger partial charge in [-0.25, -0.2) is 23.1 Å². The number of methoxy groups -OCH3 is 1. The van der Waals surface area contributed by atoms with Gasteiger partial charge < -0.3 is 15.8 Å². The van der Waals surface area contributed by atoms with Crippen LogP contribution in [0.15, 0.2) is 78.2 Å². The Morgan fingerprint density at radius 1 is 1.06 bits per heavy atom. The van der Waals surface area contributed by atoms with Crippen LogP contribution in [-0.4, -0.2) is 41.2 Å². The Bertz CT molecular complexity index is 1390. The maximum Gasteiger partial charge on any atom is 0.261 e. The van der Waals surface area contributed by atoms with Gasteiger partial charge in [0.2, 0.25) is 0 Å². The number of primary amides is 1. The van der Waals surface area contributed by atoms with E-state index < -0.39 is 15.9 Å². The summed E-state index contributed by atoms with van der Waals surface area (Å²) in [5.41, 5.74) is 6.30. The maximum atomic E-state index is 12.8. The highest BCUT2D eigenvalue weighted by Crippen LogP contribution is 2.25. The first-order valence-electron chi connectivity index (χ1n) is 9.55. The molecule has 0 atom stereocenters. The first kappa shape index (κ1) is 21.8. The molecule has 0 aliphatic carbocycles. The van der Waals surface area contributed by atoms with Gasteiger partial charge in [0.15, 0.2) is 5.82 Å². The molecule has 0 radical (unpaired) electrons. The first-order chi connectivity index (χ1) is 15.9. The molecule has 4 rings (SSSR count). The number of rotatable bonds is 8. The minimum absolute atomic E-state index is 0.0285. The Hall–Kier alpha value is -4.45.